The van der Waals surface area contributed by atoms with E-state index in [1.54, 1.807) is 44.4 Å². The zero-order chi connectivity index (χ0) is 33.0. The van der Waals surface area contributed by atoms with Crippen molar-refractivity contribution in [2.75, 3.05) is 41.3 Å². The van der Waals surface area contributed by atoms with Crippen molar-refractivity contribution in [2.45, 2.75) is 30.9 Å². The molecule has 12 nitrogen and oxygen atoms in total. The van der Waals surface area contributed by atoms with Crippen LogP contribution in [-0.4, -0.2) is 107 Å². The molecule has 12 heteroatoms. The van der Waals surface area contributed by atoms with Gasteiger partial charge in [0.2, 0.25) is 11.7 Å². The average Bonchev–Trinajstić information content (AvgIpc) is 2.97. The van der Waals surface area contributed by atoms with E-state index >= 15 is 0 Å². The van der Waals surface area contributed by atoms with Crippen LogP contribution in [-0.2, 0) is 20.8 Å². The number of phenolic OH excluding ortho intramolecular Hbond substituents is 1. The smallest absolute Gasteiger partial charge is 0.251 e. The summed E-state index contributed by atoms with van der Waals surface area (Å²) in [6, 6.07) is 8.92. The molecule has 0 spiro atoms. The number of nitrogens with one attached hydrogen (secondary N) is 1. The summed E-state index contributed by atoms with van der Waals surface area (Å²) in [5, 5.41) is 48.4. The van der Waals surface area contributed by atoms with E-state index in [2.05, 4.69) is 5.32 Å². The molecular formula is C33H38N4O8. The minimum atomic E-state index is -2.60. The molecule has 0 aromatic heterocycles. The summed E-state index contributed by atoms with van der Waals surface area (Å²) < 4.78 is 0. The normalized spacial score (nSPS) is 24.5. The van der Waals surface area contributed by atoms with E-state index in [0.717, 1.165) is 0 Å². The van der Waals surface area contributed by atoms with E-state index in [1.165, 1.54) is 11.0 Å². The van der Waals surface area contributed by atoms with Crippen molar-refractivity contribution < 1.29 is 39.6 Å². The van der Waals surface area contributed by atoms with Crippen LogP contribution in [0.3, 0.4) is 0 Å². The number of nitrogens with two attached hydrogens (primary N) is 1. The van der Waals surface area contributed by atoms with E-state index in [4.69, 9.17) is 5.73 Å². The molecule has 3 aliphatic rings. The second kappa shape index (κ2) is 11.8. The number of aromatic hydroxyl groups is 1. The number of Topliss-reactive ketones (excluding diaryl/α,β-unsaturated/α-hetero) is 2. The highest BCUT2D eigenvalue weighted by atomic mass is 16.3. The van der Waals surface area contributed by atoms with E-state index in [1.807, 2.05) is 19.0 Å². The lowest BCUT2D eigenvalue weighted by Crippen LogP contribution is -2.65. The highest BCUT2D eigenvalue weighted by Gasteiger charge is 2.63. The van der Waals surface area contributed by atoms with Gasteiger partial charge in [0.15, 0.2) is 11.4 Å². The Hall–Kier alpha value is -4.52. The van der Waals surface area contributed by atoms with Crippen LogP contribution in [0.5, 0.6) is 5.75 Å². The second-order valence-electron chi connectivity index (χ2n) is 12.5. The van der Waals surface area contributed by atoms with Gasteiger partial charge in [-0.3, -0.25) is 24.1 Å². The molecule has 1 saturated carbocycles. The summed E-state index contributed by atoms with van der Waals surface area (Å²) in [7, 11) is 7.00. The van der Waals surface area contributed by atoms with Crippen LogP contribution in [0, 0.1) is 11.8 Å². The maximum absolute atomic E-state index is 14.1. The summed E-state index contributed by atoms with van der Waals surface area (Å²) in [6.45, 7) is 1.13. The van der Waals surface area contributed by atoms with Gasteiger partial charge in [-0.2, -0.15) is 0 Å². The van der Waals surface area contributed by atoms with Gasteiger partial charge in [-0.25, -0.2) is 0 Å². The van der Waals surface area contributed by atoms with Crippen LogP contribution in [0.2, 0.25) is 0 Å². The Morgan fingerprint density at radius 1 is 1.07 bits per heavy atom. The lowest BCUT2D eigenvalue weighted by Gasteiger charge is -2.50. The van der Waals surface area contributed by atoms with E-state index in [0.29, 0.717) is 35.3 Å². The van der Waals surface area contributed by atoms with Crippen LogP contribution in [0.4, 0.5) is 0 Å². The first kappa shape index (κ1) is 31.9. The molecule has 0 aliphatic heterocycles. The first-order valence-electron chi connectivity index (χ1n) is 14.7. The third-order valence-corrected chi connectivity index (χ3v) is 9.09. The molecule has 0 heterocycles. The van der Waals surface area contributed by atoms with Crippen molar-refractivity contribution in [3.63, 3.8) is 0 Å². The van der Waals surface area contributed by atoms with Gasteiger partial charge in [-0.1, -0.05) is 18.2 Å². The number of rotatable bonds is 8. The zero-order valence-electron chi connectivity index (χ0n) is 25.6. The van der Waals surface area contributed by atoms with Gasteiger partial charge in [0, 0.05) is 35.7 Å². The SMILES string of the molecule is CN(C)CCNC(=O)c1cccc(-c2ccc(O)c3c2CC2CC4[C@@H](N(C)C)C(=O)C(CC(N)=O)=C(O)[C@@]4(O)C(=O)C2=C3O)c1. The molecule has 0 bridgehead atoms. The standard InChI is InChI=1S/C33H38N4O8/c1-36(2)11-10-35-32(44)17-7-5-6-16(12-17)19-8-9-23(38)26-20(19)13-18-14-22-27(37(3)4)28(40)21(15-24(34)39)30(42)33(22,45)31(43)25(18)29(26)41/h5-9,12,18,22,27,38,41-42,45H,10-11,13-15H2,1-4H3,(H2,34,39)(H,35,44)/t18?,22?,27-,33-/m1/s1. The number of hydrogen-bond acceptors (Lipinski definition) is 10. The van der Waals surface area contributed by atoms with Gasteiger partial charge in [0.05, 0.1) is 18.0 Å². The number of carbonyl (C=O) groups excluding carboxylic acids is 4. The van der Waals surface area contributed by atoms with Gasteiger partial charge in [0.25, 0.3) is 5.91 Å². The van der Waals surface area contributed by atoms with Crippen LogP contribution in [0.1, 0.15) is 34.3 Å². The van der Waals surface area contributed by atoms with E-state index in [-0.39, 0.29) is 35.6 Å². The molecule has 2 aromatic rings. The topological polar surface area (TPSA) is 194 Å². The maximum atomic E-state index is 14.1. The number of aliphatic hydroxyl groups is 3. The van der Waals surface area contributed by atoms with Crippen molar-refractivity contribution in [1.82, 2.24) is 15.1 Å². The molecule has 2 aromatic carbocycles. The molecule has 238 valence electrons. The number of aliphatic hydroxyl groups excluding tert-OH is 2. The molecule has 4 atom stereocenters. The fourth-order valence-corrected chi connectivity index (χ4v) is 7.01. The van der Waals surface area contributed by atoms with Crippen molar-refractivity contribution in [3.8, 4) is 16.9 Å². The first-order valence-corrected chi connectivity index (χ1v) is 14.7. The maximum Gasteiger partial charge on any atom is 0.251 e. The molecule has 2 unspecified atom stereocenters. The van der Waals surface area contributed by atoms with Crippen molar-refractivity contribution >= 4 is 29.1 Å². The van der Waals surface area contributed by atoms with E-state index in [9.17, 15) is 39.6 Å². The molecule has 5 rings (SSSR count). The Morgan fingerprint density at radius 3 is 2.42 bits per heavy atom. The molecular weight excluding hydrogens is 580 g/mol. The van der Waals surface area contributed by atoms with Gasteiger partial charge >= 0.3 is 0 Å². The number of likely N-dealkylation sites (N-methyl/N-ethyl adjacent to an activating group) is 2. The number of nitrogens with zero attached hydrogens (tertiary/aromatic N) is 2. The van der Waals surface area contributed by atoms with Crippen molar-refractivity contribution in [2.24, 2.45) is 17.6 Å². The molecule has 2 amide bonds. The highest BCUT2D eigenvalue weighted by molar-refractivity contribution is 6.15. The van der Waals surface area contributed by atoms with Crippen molar-refractivity contribution in [1.29, 1.82) is 0 Å². The third kappa shape index (κ3) is 5.28. The number of amides is 2. The van der Waals surface area contributed by atoms with E-state index < -0.39 is 64.5 Å². The van der Waals surface area contributed by atoms with Crippen molar-refractivity contribution in [3.05, 3.63) is 70.0 Å². The third-order valence-electron chi connectivity index (χ3n) is 9.09. The van der Waals surface area contributed by atoms with Crippen LogP contribution in [0.25, 0.3) is 16.9 Å². The number of hydrogen-bond donors (Lipinski definition) is 6. The largest absolute Gasteiger partial charge is 0.508 e. The molecule has 7 N–H and O–H groups in total. The van der Waals surface area contributed by atoms with Gasteiger partial charge in [0.1, 0.15) is 17.3 Å². The summed E-state index contributed by atoms with van der Waals surface area (Å²) in [6.07, 6.45) is -0.499. The summed E-state index contributed by atoms with van der Waals surface area (Å²) >= 11 is 0. The molecule has 0 radical (unpaired) electrons. The minimum absolute atomic E-state index is 0.00635. The summed E-state index contributed by atoms with van der Waals surface area (Å²) in [4.78, 5) is 55.7. The second-order valence-corrected chi connectivity index (χ2v) is 12.5. The number of fused-ring (bicyclic) bond motifs is 3. The average molecular weight is 619 g/mol. The number of phenols is 1. The zero-order valence-corrected chi connectivity index (χ0v) is 25.6. The quantitative estimate of drug-likeness (QED) is 0.251. The monoisotopic (exact) mass is 618 g/mol. The van der Waals surface area contributed by atoms with Crippen LogP contribution < -0.4 is 11.1 Å². The van der Waals surface area contributed by atoms with Gasteiger partial charge in [-0.05, 0) is 81.8 Å². The molecule has 1 fully saturated rings. The Kier molecular flexibility index (Phi) is 8.34. The van der Waals surface area contributed by atoms with Gasteiger partial charge in [-0.15, -0.1) is 0 Å². The Balaban J connectivity index is 1.61. The molecule has 45 heavy (non-hydrogen) atoms. The molecule has 0 saturated heterocycles. The number of ketones is 2. The highest BCUT2D eigenvalue weighted by Crippen LogP contribution is 2.53. The first-order chi connectivity index (χ1) is 21.2. The lowest BCUT2D eigenvalue weighted by atomic mass is 9.57. The Labute approximate surface area is 260 Å². The summed E-state index contributed by atoms with van der Waals surface area (Å²) in [5.41, 5.74) is 4.32. The Bertz CT molecular complexity index is 1680. The predicted molar refractivity (Wildman–Crippen MR) is 165 cm³/mol. The van der Waals surface area contributed by atoms with Gasteiger partial charge < -0.3 is 36.4 Å². The lowest BCUT2D eigenvalue weighted by molar-refractivity contribution is -0.153. The fourth-order valence-electron chi connectivity index (χ4n) is 7.01. The number of carbonyl (C=O) groups is 4. The Morgan fingerprint density at radius 2 is 1.78 bits per heavy atom. The minimum Gasteiger partial charge on any atom is -0.508 e. The predicted octanol–water partition coefficient (Wildman–Crippen LogP) is 1.31. The number of benzene rings is 2. The fraction of sp³-hybridized carbons (Fsp3) is 0.394. The molecule has 3 aliphatic carbocycles. The number of primary amides is 1. The van der Waals surface area contributed by atoms with Crippen LogP contribution >= 0.6 is 0 Å². The van der Waals surface area contributed by atoms with Crippen LogP contribution in [0.15, 0.2) is 53.3 Å². The summed E-state index contributed by atoms with van der Waals surface area (Å²) in [5.74, 6) is -6.38.